The topological polar surface area (TPSA) is 58.2 Å². The first-order valence-corrected chi connectivity index (χ1v) is 7.45. The number of urea groups is 1. The van der Waals surface area contributed by atoms with Crippen LogP contribution in [-0.4, -0.2) is 18.0 Å². The number of nitrogens with one attached hydrogen (secondary N) is 2. The van der Waals surface area contributed by atoms with Crippen LogP contribution in [0.2, 0.25) is 0 Å². The summed E-state index contributed by atoms with van der Waals surface area (Å²) in [7, 11) is 0. The smallest absolute Gasteiger partial charge is 0.321 e. The first kappa shape index (κ1) is 16.5. The molecule has 5 heteroatoms. The molecule has 2 rings (SSSR count). The molecule has 1 fully saturated rings. The van der Waals surface area contributed by atoms with Crippen LogP contribution in [0, 0.1) is 22.6 Å². The van der Waals surface area contributed by atoms with E-state index in [1.54, 1.807) is 0 Å². The average Bonchev–Trinajstić information content (AvgIpc) is 2.79. The molecule has 1 aliphatic rings. The van der Waals surface area contributed by atoms with Gasteiger partial charge in [0.05, 0.1) is 0 Å². The van der Waals surface area contributed by atoms with Gasteiger partial charge in [0.15, 0.2) is 0 Å². The van der Waals surface area contributed by atoms with Crippen molar-refractivity contribution >= 4 is 11.9 Å². The first-order valence-electron chi connectivity index (χ1n) is 7.45. The number of halogens is 1. The van der Waals surface area contributed by atoms with Gasteiger partial charge in [-0.05, 0) is 47.9 Å². The van der Waals surface area contributed by atoms with Crippen molar-refractivity contribution in [3.05, 3.63) is 35.6 Å². The number of hydrogen-bond donors (Lipinski definition) is 2. The molecule has 4 nitrogen and oxygen atoms in total. The highest BCUT2D eigenvalue weighted by Crippen LogP contribution is 2.69. The van der Waals surface area contributed by atoms with Crippen molar-refractivity contribution in [3.8, 4) is 0 Å². The summed E-state index contributed by atoms with van der Waals surface area (Å²) in [4.78, 5) is 23.8. The highest BCUT2D eigenvalue weighted by molar-refractivity contribution is 6.04. The van der Waals surface area contributed by atoms with Gasteiger partial charge in [-0.15, -0.1) is 0 Å². The molecule has 2 N–H and O–H groups in total. The summed E-state index contributed by atoms with van der Waals surface area (Å²) in [6, 6.07) is 4.49. The number of imide groups is 1. The van der Waals surface area contributed by atoms with Crippen molar-refractivity contribution in [2.24, 2.45) is 16.7 Å². The highest BCUT2D eigenvalue weighted by Gasteiger charge is 2.66. The van der Waals surface area contributed by atoms with Gasteiger partial charge in [0.2, 0.25) is 0 Å². The summed E-state index contributed by atoms with van der Waals surface area (Å²) in [6.45, 7) is 10.7. The second kappa shape index (κ2) is 5.38. The summed E-state index contributed by atoms with van der Waals surface area (Å²) in [5.41, 5.74) is 0.553. The van der Waals surface area contributed by atoms with E-state index in [0.29, 0.717) is 5.92 Å². The lowest BCUT2D eigenvalue weighted by Gasteiger charge is -2.16. The molecule has 1 aromatic rings. The Hall–Kier alpha value is -1.91. The Morgan fingerprint density at radius 2 is 1.59 bits per heavy atom. The summed E-state index contributed by atoms with van der Waals surface area (Å²) >= 11 is 0. The molecule has 3 amide bonds. The third-order valence-electron chi connectivity index (χ3n) is 5.32. The monoisotopic (exact) mass is 306 g/mol. The Morgan fingerprint density at radius 1 is 1.09 bits per heavy atom. The van der Waals surface area contributed by atoms with E-state index in [9.17, 15) is 14.0 Å². The highest BCUT2D eigenvalue weighted by atomic mass is 19.1. The molecule has 1 atom stereocenters. The standard InChI is InChI=1S/C17H23FN2O2/c1-10(13-16(2,3)17(13,4)5)19-15(22)20-14(21)11-6-8-12(18)9-7-11/h6-10,13H,1-5H3,(H2,19,20,21,22). The van der Waals surface area contributed by atoms with Crippen molar-refractivity contribution in [3.63, 3.8) is 0 Å². The van der Waals surface area contributed by atoms with Gasteiger partial charge in [0, 0.05) is 11.6 Å². The molecular weight excluding hydrogens is 283 g/mol. The van der Waals surface area contributed by atoms with Crippen LogP contribution in [0.1, 0.15) is 45.0 Å². The van der Waals surface area contributed by atoms with E-state index in [0.717, 1.165) is 0 Å². The molecule has 1 saturated carbocycles. The maximum atomic E-state index is 12.8. The molecule has 1 aliphatic carbocycles. The third kappa shape index (κ3) is 2.85. The van der Waals surface area contributed by atoms with Crippen LogP contribution in [0.15, 0.2) is 24.3 Å². The third-order valence-corrected chi connectivity index (χ3v) is 5.32. The van der Waals surface area contributed by atoms with Gasteiger partial charge in [-0.3, -0.25) is 10.1 Å². The fourth-order valence-corrected chi connectivity index (χ4v) is 3.60. The van der Waals surface area contributed by atoms with E-state index in [-0.39, 0.29) is 22.4 Å². The zero-order valence-electron chi connectivity index (χ0n) is 13.7. The summed E-state index contributed by atoms with van der Waals surface area (Å²) < 4.78 is 12.8. The summed E-state index contributed by atoms with van der Waals surface area (Å²) in [5, 5.41) is 5.09. The number of rotatable bonds is 3. The first-order chi connectivity index (χ1) is 10.1. The van der Waals surface area contributed by atoms with E-state index < -0.39 is 17.8 Å². The summed E-state index contributed by atoms with van der Waals surface area (Å²) in [5.74, 6) is -0.612. The van der Waals surface area contributed by atoms with E-state index in [4.69, 9.17) is 0 Å². The van der Waals surface area contributed by atoms with Crippen LogP contribution in [0.25, 0.3) is 0 Å². The normalized spacial score (nSPS) is 20.1. The lowest BCUT2D eigenvalue weighted by molar-refractivity contribution is 0.0963. The van der Waals surface area contributed by atoms with E-state index in [2.05, 4.69) is 38.3 Å². The van der Waals surface area contributed by atoms with Crippen molar-refractivity contribution in [2.75, 3.05) is 0 Å². The van der Waals surface area contributed by atoms with Crippen molar-refractivity contribution < 1.29 is 14.0 Å². The number of hydrogen-bond acceptors (Lipinski definition) is 2. The fourth-order valence-electron chi connectivity index (χ4n) is 3.60. The lowest BCUT2D eigenvalue weighted by atomic mass is 10.0. The molecule has 0 heterocycles. The van der Waals surface area contributed by atoms with E-state index in [1.807, 2.05) is 6.92 Å². The van der Waals surface area contributed by atoms with Crippen molar-refractivity contribution in [1.82, 2.24) is 10.6 Å². The number of amides is 3. The van der Waals surface area contributed by atoms with Crippen LogP contribution in [0.3, 0.4) is 0 Å². The molecule has 120 valence electrons. The largest absolute Gasteiger partial charge is 0.335 e. The minimum Gasteiger partial charge on any atom is -0.335 e. The minimum atomic E-state index is -0.543. The Labute approximate surface area is 130 Å². The SMILES string of the molecule is CC(NC(=O)NC(=O)c1ccc(F)cc1)C1C(C)(C)C1(C)C. The van der Waals surface area contributed by atoms with Gasteiger partial charge in [0.1, 0.15) is 5.82 Å². The Morgan fingerprint density at radius 3 is 2.05 bits per heavy atom. The molecule has 1 aromatic carbocycles. The number of carbonyl (C=O) groups excluding carboxylic acids is 2. The molecule has 0 saturated heterocycles. The van der Waals surface area contributed by atoms with Crippen molar-refractivity contribution in [1.29, 1.82) is 0 Å². The predicted molar refractivity (Wildman–Crippen MR) is 82.9 cm³/mol. The minimum absolute atomic E-state index is 0.0361. The van der Waals surface area contributed by atoms with Gasteiger partial charge in [-0.25, -0.2) is 9.18 Å². The van der Waals surface area contributed by atoms with Crippen LogP contribution < -0.4 is 10.6 Å². The second-order valence-electron chi connectivity index (χ2n) is 7.14. The van der Waals surface area contributed by atoms with E-state index >= 15 is 0 Å². The second-order valence-corrected chi connectivity index (χ2v) is 7.14. The van der Waals surface area contributed by atoms with Crippen LogP contribution >= 0.6 is 0 Å². The van der Waals surface area contributed by atoms with Crippen molar-refractivity contribution in [2.45, 2.75) is 40.7 Å². The average molecular weight is 306 g/mol. The molecule has 0 aromatic heterocycles. The molecule has 0 spiro atoms. The zero-order chi connectivity index (χ0) is 16.7. The van der Waals surface area contributed by atoms with Crippen LogP contribution in [-0.2, 0) is 0 Å². The molecule has 0 bridgehead atoms. The lowest BCUT2D eigenvalue weighted by Crippen LogP contribution is -2.45. The Bertz CT molecular complexity index is 579. The quantitative estimate of drug-likeness (QED) is 0.900. The van der Waals surface area contributed by atoms with E-state index in [1.165, 1.54) is 24.3 Å². The van der Waals surface area contributed by atoms with Gasteiger partial charge < -0.3 is 5.32 Å². The summed E-state index contributed by atoms with van der Waals surface area (Å²) in [6.07, 6.45) is 0. The van der Waals surface area contributed by atoms with Gasteiger partial charge in [0.25, 0.3) is 5.91 Å². The van der Waals surface area contributed by atoms with Gasteiger partial charge >= 0.3 is 6.03 Å². The fraction of sp³-hybridized carbons (Fsp3) is 0.529. The van der Waals surface area contributed by atoms with Gasteiger partial charge in [-0.2, -0.15) is 0 Å². The zero-order valence-corrected chi connectivity index (χ0v) is 13.7. The molecule has 0 radical (unpaired) electrons. The molecular formula is C17H23FN2O2. The molecule has 1 unspecified atom stereocenters. The maximum Gasteiger partial charge on any atom is 0.321 e. The Balaban J connectivity index is 1.91. The maximum absolute atomic E-state index is 12.8. The predicted octanol–water partition coefficient (Wildman–Crippen LogP) is 3.34. The number of carbonyl (C=O) groups is 2. The van der Waals surface area contributed by atoms with Crippen LogP contribution in [0.4, 0.5) is 9.18 Å². The van der Waals surface area contributed by atoms with Crippen LogP contribution in [0.5, 0.6) is 0 Å². The molecule has 22 heavy (non-hydrogen) atoms. The number of benzene rings is 1. The molecule has 0 aliphatic heterocycles. The van der Waals surface area contributed by atoms with Gasteiger partial charge in [-0.1, -0.05) is 27.7 Å². The Kier molecular flexibility index (Phi) is 4.02.